The third-order valence-corrected chi connectivity index (χ3v) is 3.07. The highest BCUT2D eigenvalue weighted by Crippen LogP contribution is 2.21. The van der Waals surface area contributed by atoms with Crippen molar-refractivity contribution in [3.8, 4) is 0 Å². The van der Waals surface area contributed by atoms with Gasteiger partial charge in [0.1, 0.15) is 11.3 Å². The predicted octanol–water partition coefficient (Wildman–Crippen LogP) is 2.24. The lowest BCUT2D eigenvalue weighted by molar-refractivity contribution is -0.385. The van der Waals surface area contributed by atoms with Gasteiger partial charge < -0.3 is 5.32 Å². The van der Waals surface area contributed by atoms with Gasteiger partial charge in [-0.1, -0.05) is 11.6 Å². The van der Waals surface area contributed by atoms with E-state index in [0.717, 1.165) is 23.5 Å². The van der Waals surface area contributed by atoms with Gasteiger partial charge in [0, 0.05) is 17.3 Å². The fraction of sp³-hybridized carbons (Fsp3) is 0.182. The van der Waals surface area contributed by atoms with Gasteiger partial charge in [0.15, 0.2) is 5.82 Å². The summed E-state index contributed by atoms with van der Waals surface area (Å²) < 4.78 is 0. The lowest BCUT2D eigenvalue weighted by Crippen LogP contribution is -2.14. The Hall–Kier alpha value is -2.48. The Morgan fingerprint density at radius 2 is 2.20 bits per heavy atom. The van der Waals surface area contributed by atoms with Crippen molar-refractivity contribution in [1.82, 2.24) is 15.2 Å². The molecule has 2 rings (SSSR count). The molecule has 2 heterocycles. The summed E-state index contributed by atoms with van der Waals surface area (Å²) in [6.45, 7) is 3.58. The molecule has 104 valence electrons. The van der Waals surface area contributed by atoms with Crippen LogP contribution in [-0.2, 0) is 0 Å². The van der Waals surface area contributed by atoms with Crippen LogP contribution in [0, 0.1) is 24.0 Å². The Kier molecular flexibility index (Phi) is 3.66. The second-order valence-electron chi connectivity index (χ2n) is 4.07. The summed E-state index contributed by atoms with van der Waals surface area (Å²) in [5, 5.41) is 19.7. The van der Waals surface area contributed by atoms with Crippen LogP contribution in [0.15, 0.2) is 12.3 Å². The Labute approximate surface area is 118 Å². The highest BCUT2D eigenvalue weighted by Gasteiger charge is 2.18. The number of aromatic nitrogens is 3. The van der Waals surface area contributed by atoms with Crippen LogP contribution in [0.4, 0.5) is 11.5 Å². The molecular formula is C11H10ClN5O3. The van der Waals surface area contributed by atoms with Crippen LogP contribution < -0.4 is 5.32 Å². The summed E-state index contributed by atoms with van der Waals surface area (Å²) in [7, 11) is 0. The van der Waals surface area contributed by atoms with Crippen LogP contribution in [0.2, 0.25) is 5.15 Å². The van der Waals surface area contributed by atoms with E-state index < -0.39 is 10.8 Å². The molecule has 0 radical (unpaired) electrons. The second kappa shape index (κ2) is 5.25. The minimum absolute atomic E-state index is 0.0825. The molecule has 2 N–H and O–H groups in total. The number of nitrogens with one attached hydrogen (secondary N) is 2. The number of anilines is 1. The van der Waals surface area contributed by atoms with Crippen LogP contribution in [-0.4, -0.2) is 26.0 Å². The van der Waals surface area contributed by atoms with Gasteiger partial charge >= 0.3 is 0 Å². The number of H-pyrrole nitrogens is 1. The maximum absolute atomic E-state index is 12.1. The van der Waals surface area contributed by atoms with Crippen LogP contribution in [0.3, 0.4) is 0 Å². The molecule has 9 heteroatoms. The molecule has 20 heavy (non-hydrogen) atoms. The molecule has 0 aliphatic heterocycles. The first-order chi connectivity index (χ1) is 9.40. The van der Waals surface area contributed by atoms with Crippen molar-refractivity contribution < 1.29 is 9.72 Å². The summed E-state index contributed by atoms with van der Waals surface area (Å²) >= 11 is 5.78. The molecular weight excluding hydrogens is 286 g/mol. The molecule has 2 aromatic rings. The molecule has 0 unspecified atom stereocenters. The monoisotopic (exact) mass is 295 g/mol. The average molecular weight is 296 g/mol. The van der Waals surface area contributed by atoms with Crippen LogP contribution >= 0.6 is 11.6 Å². The highest BCUT2D eigenvalue weighted by molar-refractivity contribution is 6.33. The van der Waals surface area contributed by atoms with E-state index >= 15 is 0 Å². The Morgan fingerprint density at radius 3 is 2.75 bits per heavy atom. The van der Waals surface area contributed by atoms with Gasteiger partial charge in [-0.3, -0.25) is 20.0 Å². The number of nitro groups is 1. The number of carbonyl (C=O) groups excluding carboxylic acids is 1. The van der Waals surface area contributed by atoms with Crippen molar-refractivity contribution in [3.05, 3.63) is 44.4 Å². The van der Waals surface area contributed by atoms with Crippen LogP contribution in [0.1, 0.15) is 21.6 Å². The lowest BCUT2D eigenvalue weighted by Gasteiger charge is -2.04. The van der Waals surface area contributed by atoms with Crippen molar-refractivity contribution >= 4 is 29.0 Å². The maximum Gasteiger partial charge on any atom is 0.288 e. The Balaban J connectivity index is 2.31. The summed E-state index contributed by atoms with van der Waals surface area (Å²) in [6.07, 6.45) is 0.989. The first-order valence-corrected chi connectivity index (χ1v) is 5.90. The van der Waals surface area contributed by atoms with Crippen LogP contribution in [0.25, 0.3) is 0 Å². The number of aryl methyl sites for hydroxylation is 1. The standard InChI is InChI=1S/C11H10ClN5O3/c1-5-6(2)15-16-10(5)14-11(18)8-3-7(17(19)20)4-13-9(8)12/h3-4H,1-2H3,(H2,14,15,16,18). The number of rotatable bonds is 3. The third kappa shape index (κ3) is 2.59. The zero-order chi connectivity index (χ0) is 14.9. The van der Waals surface area contributed by atoms with E-state index in [1.807, 2.05) is 0 Å². The molecule has 0 aliphatic carbocycles. The summed E-state index contributed by atoms with van der Waals surface area (Å²) in [4.78, 5) is 25.7. The molecule has 0 aliphatic rings. The minimum Gasteiger partial charge on any atom is -0.305 e. The van der Waals surface area contributed by atoms with E-state index in [2.05, 4.69) is 20.5 Å². The van der Waals surface area contributed by atoms with Crippen molar-refractivity contribution in [2.75, 3.05) is 5.32 Å². The fourth-order valence-corrected chi connectivity index (χ4v) is 1.67. The summed E-state index contributed by atoms with van der Waals surface area (Å²) in [6, 6.07) is 1.07. The van der Waals surface area contributed by atoms with Crippen molar-refractivity contribution in [3.63, 3.8) is 0 Å². The van der Waals surface area contributed by atoms with Crippen molar-refractivity contribution in [2.24, 2.45) is 0 Å². The van der Waals surface area contributed by atoms with Gasteiger partial charge in [-0.15, -0.1) is 0 Å². The quantitative estimate of drug-likeness (QED) is 0.512. The third-order valence-electron chi connectivity index (χ3n) is 2.77. The fourth-order valence-electron chi connectivity index (χ4n) is 1.48. The molecule has 0 fully saturated rings. The van der Waals surface area contributed by atoms with E-state index in [-0.39, 0.29) is 16.4 Å². The van der Waals surface area contributed by atoms with Gasteiger partial charge in [0.25, 0.3) is 11.6 Å². The second-order valence-corrected chi connectivity index (χ2v) is 4.42. The smallest absolute Gasteiger partial charge is 0.288 e. The van der Waals surface area contributed by atoms with E-state index in [9.17, 15) is 14.9 Å². The summed E-state index contributed by atoms with van der Waals surface area (Å²) in [5.74, 6) is -0.268. The van der Waals surface area contributed by atoms with E-state index in [1.165, 1.54) is 0 Å². The zero-order valence-corrected chi connectivity index (χ0v) is 11.4. The molecule has 0 atom stereocenters. The number of hydrogen-bond acceptors (Lipinski definition) is 5. The number of amides is 1. The minimum atomic E-state index is -0.649. The zero-order valence-electron chi connectivity index (χ0n) is 10.6. The highest BCUT2D eigenvalue weighted by atomic mass is 35.5. The van der Waals surface area contributed by atoms with Gasteiger partial charge in [0.05, 0.1) is 10.5 Å². The molecule has 0 aromatic carbocycles. The van der Waals surface area contributed by atoms with E-state index in [0.29, 0.717) is 5.82 Å². The Bertz CT molecular complexity index is 697. The van der Waals surface area contributed by atoms with E-state index in [4.69, 9.17) is 11.6 Å². The number of halogens is 1. The normalized spacial score (nSPS) is 10.3. The van der Waals surface area contributed by atoms with E-state index in [1.54, 1.807) is 13.8 Å². The molecule has 1 amide bonds. The van der Waals surface area contributed by atoms with Crippen LogP contribution in [0.5, 0.6) is 0 Å². The topological polar surface area (TPSA) is 114 Å². The van der Waals surface area contributed by atoms with Crippen molar-refractivity contribution in [2.45, 2.75) is 13.8 Å². The molecule has 0 spiro atoms. The average Bonchev–Trinajstić information content (AvgIpc) is 2.71. The van der Waals surface area contributed by atoms with Gasteiger partial charge in [-0.2, -0.15) is 5.10 Å². The SMILES string of the molecule is Cc1[nH]nc(NC(=O)c2cc([N+](=O)[O-])cnc2Cl)c1C. The number of hydrogen-bond donors (Lipinski definition) is 2. The number of nitrogens with zero attached hydrogens (tertiary/aromatic N) is 3. The number of aromatic amines is 1. The number of pyridine rings is 1. The maximum atomic E-state index is 12.1. The first-order valence-electron chi connectivity index (χ1n) is 5.53. The molecule has 0 saturated carbocycles. The van der Waals surface area contributed by atoms with Gasteiger partial charge in [0.2, 0.25) is 0 Å². The van der Waals surface area contributed by atoms with Gasteiger partial charge in [-0.05, 0) is 13.8 Å². The largest absolute Gasteiger partial charge is 0.305 e. The molecule has 2 aromatic heterocycles. The molecule has 8 nitrogen and oxygen atoms in total. The summed E-state index contributed by atoms with van der Waals surface area (Å²) in [5.41, 5.74) is 1.19. The first kappa shape index (κ1) is 13.9. The van der Waals surface area contributed by atoms with Gasteiger partial charge in [-0.25, -0.2) is 4.98 Å². The molecule has 0 saturated heterocycles. The lowest BCUT2D eigenvalue weighted by atomic mass is 10.2. The van der Waals surface area contributed by atoms with Crippen molar-refractivity contribution in [1.29, 1.82) is 0 Å². The molecule has 0 bridgehead atoms. The number of carbonyl (C=O) groups is 1. The predicted molar refractivity (Wildman–Crippen MR) is 71.9 cm³/mol. The Morgan fingerprint density at radius 1 is 1.50 bits per heavy atom.